The lowest BCUT2D eigenvalue weighted by molar-refractivity contribution is -0.141. The first-order valence-corrected chi connectivity index (χ1v) is 6.82. The number of aromatic nitrogens is 2. The Bertz CT molecular complexity index is 609. The maximum atomic E-state index is 12.9. The fraction of sp³-hybridized carbons (Fsp3) is 0.267. The Hall–Kier alpha value is -2.64. The number of aromatic amines is 1. The highest BCUT2D eigenvalue weighted by atomic mass is 19.4. The molecule has 0 spiro atoms. The Morgan fingerprint density at radius 3 is 2.91 bits per heavy atom. The van der Waals surface area contributed by atoms with E-state index in [4.69, 9.17) is 0 Å². The van der Waals surface area contributed by atoms with Gasteiger partial charge >= 0.3 is 6.18 Å². The van der Waals surface area contributed by atoms with Gasteiger partial charge in [0.05, 0.1) is 17.8 Å². The number of aliphatic imine (C=N–C) groups is 1. The quantitative estimate of drug-likeness (QED) is 0.333. The predicted molar refractivity (Wildman–Crippen MR) is 85.4 cm³/mol. The first-order valence-electron chi connectivity index (χ1n) is 6.82. The number of alkyl halides is 3. The molecule has 8 heteroatoms. The smallest absolute Gasteiger partial charge is 0.307 e. The van der Waals surface area contributed by atoms with E-state index in [-0.39, 0.29) is 11.3 Å². The van der Waals surface area contributed by atoms with Crippen molar-refractivity contribution >= 4 is 11.9 Å². The van der Waals surface area contributed by atoms with E-state index >= 15 is 0 Å². The first-order chi connectivity index (χ1) is 11.0. The summed E-state index contributed by atoms with van der Waals surface area (Å²) in [6.45, 7) is 5.79. The van der Waals surface area contributed by atoms with Gasteiger partial charge in [-0.2, -0.15) is 23.4 Å². The lowest BCUT2D eigenvalue weighted by Crippen LogP contribution is -2.11. The van der Waals surface area contributed by atoms with Gasteiger partial charge in [0, 0.05) is 25.0 Å². The summed E-state index contributed by atoms with van der Waals surface area (Å²) in [5.41, 5.74) is 1.82. The Labute approximate surface area is 132 Å². The molecule has 1 heterocycles. The van der Waals surface area contributed by atoms with Crippen molar-refractivity contribution in [2.75, 3.05) is 6.54 Å². The van der Waals surface area contributed by atoms with E-state index in [9.17, 15) is 13.2 Å². The van der Waals surface area contributed by atoms with Crippen molar-refractivity contribution in [2.45, 2.75) is 19.5 Å². The summed E-state index contributed by atoms with van der Waals surface area (Å²) < 4.78 is 38.6. The van der Waals surface area contributed by atoms with Gasteiger partial charge in [-0.1, -0.05) is 18.2 Å². The second-order valence-corrected chi connectivity index (χ2v) is 4.24. The number of H-pyrrole nitrogens is 1. The van der Waals surface area contributed by atoms with Crippen LogP contribution in [-0.4, -0.2) is 28.7 Å². The molecule has 1 aromatic rings. The number of rotatable bonds is 8. The number of nitrogens with one attached hydrogen (secondary N) is 2. The van der Waals surface area contributed by atoms with Crippen LogP contribution in [0.4, 0.5) is 13.2 Å². The normalized spacial score (nSPS) is 13.5. The monoisotopic (exact) mass is 325 g/mol. The minimum Gasteiger partial charge on any atom is -0.307 e. The minimum absolute atomic E-state index is 0.0958. The highest BCUT2D eigenvalue weighted by Gasteiger charge is 2.37. The summed E-state index contributed by atoms with van der Waals surface area (Å²) in [5.74, 6) is 0. The fourth-order valence-corrected chi connectivity index (χ4v) is 1.55. The van der Waals surface area contributed by atoms with Crippen LogP contribution in [0.2, 0.25) is 0 Å². The van der Waals surface area contributed by atoms with Crippen molar-refractivity contribution < 1.29 is 13.2 Å². The van der Waals surface area contributed by atoms with Crippen LogP contribution >= 0.6 is 0 Å². The molecule has 0 aliphatic rings. The predicted octanol–water partition coefficient (Wildman–Crippen LogP) is 3.46. The number of hydrazone groups is 1. The Balaban J connectivity index is 2.81. The topological polar surface area (TPSA) is 65.4 Å². The van der Waals surface area contributed by atoms with E-state index in [0.29, 0.717) is 13.0 Å². The molecular weight excluding hydrogens is 307 g/mol. The van der Waals surface area contributed by atoms with E-state index in [2.05, 4.69) is 32.3 Å². The molecule has 0 aliphatic heterocycles. The summed E-state index contributed by atoms with van der Waals surface area (Å²) in [5, 5.41) is 9.36. The summed E-state index contributed by atoms with van der Waals surface area (Å²) in [4.78, 5) is 4.06. The number of allylic oxidation sites excluding steroid dienone is 3. The summed E-state index contributed by atoms with van der Waals surface area (Å²) in [6.07, 6.45) is 6.63. The average molecular weight is 325 g/mol. The zero-order chi connectivity index (χ0) is 17.1. The Kier molecular flexibility index (Phi) is 7.52. The van der Waals surface area contributed by atoms with Crippen LogP contribution in [0.25, 0.3) is 0 Å². The van der Waals surface area contributed by atoms with Crippen LogP contribution in [0.5, 0.6) is 0 Å². The van der Waals surface area contributed by atoms with Gasteiger partial charge in [-0.05, 0) is 13.0 Å². The van der Waals surface area contributed by atoms with Gasteiger partial charge in [0.15, 0.2) is 5.69 Å². The van der Waals surface area contributed by atoms with Crippen molar-refractivity contribution in [1.29, 1.82) is 0 Å². The summed E-state index contributed by atoms with van der Waals surface area (Å²) in [6, 6.07) is 0. The van der Waals surface area contributed by atoms with E-state index in [1.54, 1.807) is 31.4 Å². The largest absolute Gasteiger partial charge is 0.435 e. The van der Waals surface area contributed by atoms with Crippen molar-refractivity contribution in [3.63, 3.8) is 0 Å². The van der Waals surface area contributed by atoms with Crippen LogP contribution in [0.15, 0.2) is 53.4 Å². The summed E-state index contributed by atoms with van der Waals surface area (Å²) in [7, 11) is 0. The molecule has 5 nitrogen and oxygen atoms in total. The average Bonchev–Trinajstić information content (AvgIpc) is 2.98. The molecule has 0 fully saturated rings. The molecule has 0 saturated heterocycles. The van der Waals surface area contributed by atoms with E-state index in [0.717, 1.165) is 0 Å². The van der Waals surface area contributed by atoms with Crippen molar-refractivity contribution in [2.24, 2.45) is 10.1 Å². The van der Waals surface area contributed by atoms with Crippen LogP contribution in [-0.2, 0) is 6.18 Å². The maximum absolute atomic E-state index is 12.9. The molecule has 23 heavy (non-hydrogen) atoms. The second-order valence-electron chi connectivity index (χ2n) is 4.24. The highest BCUT2D eigenvalue weighted by molar-refractivity contribution is 6.09. The van der Waals surface area contributed by atoms with Crippen molar-refractivity contribution in [3.05, 3.63) is 54.5 Å². The number of halogens is 3. The van der Waals surface area contributed by atoms with Gasteiger partial charge in [-0.15, -0.1) is 6.58 Å². The number of hydrogen-bond acceptors (Lipinski definition) is 4. The molecule has 0 amide bonds. The lowest BCUT2D eigenvalue weighted by atomic mass is 10.1. The Morgan fingerprint density at radius 2 is 2.26 bits per heavy atom. The third-order valence-electron chi connectivity index (χ3n) is 2.49. The Morgan fingerprint density at radius 1 is 1.48 bits per heavy atom. The first kappa shape index (κ1) is 18.4. The van der Waals surface area contributed by atoms with Crippen LogP contribution in [0.3, 0.4) is 0 Å². The van der Waals surface area contributed by atoms with Crippen molar-refractivity contribution in [3.8, 4) is 0 Å². The highest BCUT2D eigenvalue weighted by Crippen LogP contribution is 2.30. The molecule has 124 valence electrons. The molecule has 0 aromatic carbocycles. The number of hydrogen-bond donors (Lipinski definition) is 2. The maximum Gasteiger partial charge on any atom is 0.435 e. The van der Waals surface area contributed by atoms with Gasteiger partial charge in [-0.25, -0.2) is 0 Å². The molecule has 1 aromatic heterocycles. The van der Waals surface area contributed by atoms with Gasteiger partial charge in [-0.3, -0.25) is 10.1 Å². The molecular formula is C15H18F3N5. The summed E-state index contributed by atoms with van der Waals surface area (Å²) >= 11 is 0. The molecule has 0 aliphatic carbocycles. The SMILES string of the molecule is C=CCN/N=C\C/C=C/N=C(\C=C\C)c1c[nH]nc1C(F)(F)F. The standard InChI is InChI=1S/C15H18F3N5/c1-3-7-13(12-11-22-23-14(12)15(16,17)18)19-9-5-6-10-21-20-8-4-2/h3-5,7,9-11,20H,2,6,8H2,1H3,(H,22,23)/b7-3+,9-5+,19-13+,21-10-. The van der Waals surface area contributed by atoms with Gasteiger partial charge in [0.2, 0.25) is 0 Å². The van der Waals surface area contributed by atoms with E-state index < -0.39 is 11.9 Å². The molecule has 0 unspecified atom stereocenters. The van der Waals surface area contributed by atoms with Gasteiger partial charge in [0.1, 0.15) is 0 Å². The molecule has 0 atom stereocenters. The zero-order valence-electron chi connectivity index (χ0n) is 12.6. The number of nitrogens with zero attached hydrogens (tertiary/aromatic N) is 3. The van der Waals surface area contributed by atoms with Crippen LogP contribution in [0.1, 0.15) is 24.6 Å². The molecule has 0 saturated carbocycles. The van der Waals surface area contributed by atoms with Crippen molar-refractivity contribution in [1.82, 2.24) is 15.6 Å². The third kappa shape index (κ3) is 6.33. The van der Waals surface area contributed by atoms with Crippen LogP contribution in [0, 0.1) is 0 Å². The zero-order valence-corrected chi connectivity index (χ0v) is 12.6. The molecule has 0 bridgehead atoms. The molecule has 2 N–H and O–H groups in total. The second kappa shape index (κ2) is 9.39. The van der Waals surface area contributed by atoms with Gasteiger partial charge < -0.3 is 5.43 Å². The lowest BCUT2D eigenvalue weighted by Gasteiger charge is -2.05. The minimum atomic E-state index is -4.54. The van der Waals surface area contributed by atoms with Crippen LogP contribution < -0.4 is 5.43 Å². The van der Waals surface area contributed by atoms with E-state index in [1.165, 1.54) is 18.5 Å². The van der Waals surface area contributed by atoms with Gasteiger partial charge in [0.25, 0.3) is 0 Å². The fourth-order valence-electron chi connectivity index (χ4n) is 1.55. The molecule has 0 radical (unpaired) electrons. The molecule has 1 rings (SSSR count). The van der Waals surface area contributed by atoms with E-state index in [1.807, 2.05) is 0 Å². The third-order valence-corrected chi connectivity index (χ3v) is 2.49.